The first-order valence-electron chi connectivity index (χ1n) is 5.09. The molecule has 1 aromatic heterocycles. The number of rotatable bonds is 3. The molecular weight excluding hydrogens is 176 g/mol. The number of nitrogens with two attached hydrogens (primary N) is 1. The fraction of sp³-hybridized carbons (Fsp3) is 0.700. The predicted molar refractivity (Wildman–Crippen MR) is 55.3 cm³/mol. The van der Waals surface area contributed by atoms with Gasteiger partial charge in [-0.15, -0.1) is 0 Å². The lowest BCUT2D eigenvalue weighted by atomic mass is 10.0. The molecule has 4 nitrogen and oxygen atoms in total. The van der Waals surface area contributed by atoms with Gasteiger partial charge in [0, 0.05) is 18.8 Å². The molecule has 3 N–H and O–H groups in total. The Kier molecular flexibility index (Phi) is 2.33. The van der Waals surface area contributed by atoms with Crippen molar-refractivity contribution in [3.8, 4) is 0 Å². The van der Waals surface area contributed by atoms with Crippen LogP contribution in [0.4, 0.5) is 0 Å². The topological polar surface area (TPSA) is 55.9 Å². The summed E-state index contributed by atoms with van der Waals surface area (Å²) in [4.78, 5) is 0. The van der Waals surface area contributed by atoms with Crippen LogP contribution in [0.25, 0.3) is 0 Å². The van der Waals surface area contributed by atoms with E-state index in [0.717, 1.165) is 11.6 Å². The summed E-state index contributed by atoms with van der Waals surface area (Å²) < 4.78 is 1.85. The minimum atomic E-state index is 0.277. The molecule has 4 heteroatoms. The summed E-state index contributed by atoms with van der Waals surface area (Å²) in [6.07, 6.45) is 3.33. The highest BCUT2D eigenvalue weighted by Crippen LogP contribution is 2.46. The molecule has 78 valence electrons. The van der Waals surface area contributed by atoms with Crippen LogP contribution in [0.3, 0.4) is 0 Å². The first kappa shape index (κ1) is 9.68. The molecule has 0 radical (unpaired) electrons. The summed E-state index contributed by atoms with van der Waals surface area (Å²) >= 11 is 0. The third-order valence-corrected chi connectivity index (χ3v) is 3.17. The molecule has 14 heavy (non-hydrogen) atoms. The van der Waals surface area contributed by atoms with Gasteiger partial charge in [-0.2, -0.15) is 5.10 Å². The van der Waals surface area contributed by atoms with Gasteiger partial charge in [0.2, 0.25) is 0 Å². The molecule has 0 amide bonds. The SMILES string of the molecule is Cc1nn(C)cc1C(NN)C1CC1C. The van der Waals surface area contributed by atoms with Crippen LogP contribution in [-0.2, 0) is 7.05 Å². The molecule has 0 aromatic carbocycles. The number of hydrazine groups is 1. The summed E-state index contributed by atoms with van der Waals surface area (Å²) in [5.74, 6) is 7.07. The third-order valence-electron chi connectivity index (χ3n) is 3.17. The molecule has 0 aliphatic heterocycles. The maximum absolute atomic E-state index is 5.60. The van der Waals surface area contributed by atoms with E-state index in [1.165, 1.54) is 12.0 Å². The van der Waals surface area contributed by atoms with Crippen molar-refractivity contribution in [2.75, 3.05) is 0 Å². The highest BCUT2D eigenvalue weighted by Gasteiger charge is 2.40. The summed E-state index contributed by atoms with van der Waals surface area (Å²) in [7, 11) is 1.94. The Morgan fingerprint density at radius 2 is 2.36 bits per heavy atom. The standard InChI is InChI=1S/C10H18N4/c1-6-4-8(6)10(12-11)9-5-14(3)13-7(9)2/h5-6,8,10,12H,4,11H2,1-3H3. The Hall–Kier alpha value is -0.870. The van der Waals surface area contributed by atoms with Gasteiger partial charge < -0.3 is 0 Å². The molecule has 0 spiro atoms. The van der Waals surface area contributed by atoms with Gasteiger partial charge in [0.05, 0.1) is 11.7 Å². The van der Waals surface area contributed by atoms with E-state index < -0.39 is 0 Å². The highest BCUT2D eigenvalue weighted by molar-refractivity contribution is 5.22. The number of aromatic nitrogens is 2. The van der Waals surface area contributed by atoms with Gasteiger partial charge in [0.1, 0.15) is 0 Å². The van der Waals surface area contributed by atoms with Crippen LogP contribution >= 0.6 is 0 Å². The lowest BCUT2D eigenvalue weighted by molar-refractivity contribution is 0.473. The first-order chi connectivity index (χ1) is 6.63. The molecular formula is C10H18N4. The van der Waals surface area contributed by atoms with Crippen LogP contribution in [-0.4, -0.2) is 9.78 Å². The Bertz CT molecular complexity index is 331. The Morgan fingerprint density at radius 3 is 2.71 bits per heavy atom. The molecule has 2 rings (SSSR count). The fourth-order valence-electron chi connectivity index (χ4n) is 2.18. The molecule has 0 bridgehead atoms. The summed E-state index contributed by atoms with van der Waals surface area (Å²) in [5.41, 5.74) is 5.23. The quantitative estimate of drug-likeness (QED) is 0.555. The summed E-state index contributed by atoms with van der Waals surface area (Å²) in [6.45, 7) is 4.30. The van der Waals surface area contributed by atoms with Crippen LogP contribution in [0.15, 0.2) is 6.20 Å². The van der Waals surface area contributed by atoms with Crippen molar-refractivity contribution >= 4 is 0 Å². The predicted octanol–water partition coefficient (Wildman–Crippen LogP) is 0.889. The molecule has 1 aromatic rings. The second kappa shape index (κ2) is 3.37. The Morgan fingerprint density at radius 1 is 1.71 bits per heavy atom. The summed E-state index contributed by atoms with van der Waals surface area (Å²) in [6, 6.07) is 0.277. The molecule has 1 aliphatic rings. The highest BCUT2D eigenvalue weighted by atomic mass is 15.3. The van der Waals surface area contributed by atoms with E-state index >= 15 is 0 Å². The van der Waals surface area contributed by atoms with Crippen LogP contribution in [0.5, 0.6) is 0 Å². The van der Waals surface area contributed by atoms with Gasteiger partial charge in [-0.3, -0.25) is 16.0 Å². The molecule has 3 atom stereocenters. The minimum Gasteiger partial charge on any atom is -0.275 e. The van der Waals surface area contributed by atoms with E-state index in [4.69, 9.17) is 5.84 Å². The smallest absolute Gasteiger partial charge is 0.0642 e. The van der Waals surface area contributed by atoms with E-state index in [0.29, 0.717) is 5.92 Å². The third kappa shape index (κ3) is 1.55. The molecule has 3 unspecified atom stereocenters. The van der Waals surface area contributed by atoms with Crippen molar-refractivity contribution in [1.82, 2.24) is 15.2 Å². The van der Waals surface area contributed by atoms with Crippen LogP contribution in [0.2, 0.25) is 0 Å². The number of aryl methyl sites for hydroxylation is 2. The van der Waals surface area contributed by atoms with E-state index in [1.54, 1.807) is 0 Å². The van der Waals surface area contributed by atoms with E-state index in [2.05, 4.69) is 23.6 Å². The average molecular weight is 194 g/mol. The second-order valence-electron chi connectivity index (χ2n) is 4.36. The number of hydrogen-bond acceptors (Lipinski definition) is 3. The first-order valence-corrected chi connectivity index (χ1v) is 5.09. The van der Waals surface area contributed by atoms with Gasteiger partial charge in [-0.1, -0.05) is 6.92 Å². The van der Waals surface area contributed by atoms with E-state index in [-0.39, 0.29) is 6.04 Å². The maximum Gasteiger partial charge on any atom is 0.0642 e. The van der Waals surface area contributed by atoms with Crippen molar-refractivity contribution < 1.29 is 0 Å². The van der Waals surface area contributed by atoms with E-state index in [9.17, 15) is 0 Å². The number of hydrogen-bond donors (Lipinski definition) is 2. The Balaban J connectivity index is 2.23. The fourth-order valence-corrected chi connectivity index (χ4v) is 2.18. The van der Waals surface area contributed by atoms with Crippen molar-refractivity contribution in [2.24, 2.45) is 24.7 Å². The van der Waals surface area contributed by atoms with Gasteiger partial charge in [0.25, 0.3) is 0 Å². The van der Waals surface area contributed by atoms with Gasteiger partial charge >= 0.3 is 0 Å². The molecule has 1 aliphatic carbocycles. The van der Waals surface area contributed by atoms with Gasteiger partial charge in [-0.05, 0) is 25.2 Å². The van der Waals surface area contributed by atoms with Gasteiger partial charge in [0.15, 0.2) is 0 Å². The Labute approximate surface area is 84.4 Å². The zero-order chi connectivity index (χ0) is 10.3. The molecule has 0 saturated heterocycles. The summed E-state index contributed by atoms with van der Waals surface area (Å²) in [5, 5.41) is 4.34. The normalized spacial score (nSPS) is 27.7. The van der Waals surface area contributed by atoms with Crippen LogP contribution in [0.1, 0.15) is 30.6 Å². The van der Waals surface area contributed by atoms with Crippen molar-refractivity contribution in [3.05, 3.63) is 17.5 Å². The van der Waals surface area contributed by atoms with Crippen molar-refractivity contribution in [3.63, 3.8) is 0 Å². The van der Waals surface area contributed by atoms with Crippen LogP contribution < -0.4 is 11.3 Å². The molecule has 1 heterocycles. The van der Waals surface area contributed by atoms with Crippen LogP contribution in [0, 0.1) is 18.8 Å². The minimum absolute atomic E-state index is 0.277. The second-order valence-corrected chi connectivity index (χ2v) is 4.36. The van der Waals surface area contributed by atoms with E-state index in [1.807, 2.05) is 18.7 Å². The number of nitrogens with zero attached hydrogens (tertiary/aromatic N) is 2. The molecule has 1 saturated carbocycles. The number of nitrogens with one attached hydrogen (secondary N) is 1. The largest absolute Gasteiger partial charge is 0.275 e. The average Bonchev–Trinajstić information content (AvgIpc) is 2.72. The maximum atomic E-state index is 5.60. The lowest BCUT2D eigenvalue weighted by Crippen LogP contribution is -2.30. The van der Waals surface area contributed by atoms with Gasteiger partial charge in [-0.25, -0.2) is 0 Å². The lowest BCUT2D eigenvalue weighted by Gasteiger charge is -2.14. The van der Waals surface area contributed by atoms with Crippen molar-refractivity contribution in [1.29, 1.82) is 0 Å². The zero-order valence-electron chi connectivity index (χ0n) is 8.99. The zero-order valence-corrected chi connectivity index (χ0v) is 8.99. The monoisotopic (exact) mass is 194 g/mol. The molecule has 1 fully saturated rings. The van der Waals surface area contributed by atoms with Crippen molar-refractivity contribution in [2.45, 2.75) is 26.3 Å².